The second kappa shape index (κ2) is 8.00. The highest BCUT2D eigenvalue weighted by molar-refractivity contribution is 5.76. The number of carbonyl (C=O) groups is 1. The van der Waals surface area contributed by atoms with Crippen molar-refractivity contribution in [2.24, 2.45) is 17.4 Å². The van der Waals surface area contributed by atoms with Crippen molar-refractivity contribution < 1.29 is 9.53 Å². The fraction of sp³-hybridized carbons (Fsp3) is 0.562. The Bertz CT molecular complexity index is 447. The van der Waals surface area contributed by atoms with E-state index in [1.165, 1.54) is 0 Å². The molecule has 5 nitrogen and oxygen atoms in total. The number of piperidine rings is 1. The standard InChI is InChI=1S/C16H25N3O2/c17-11-13-4-6-15(7-5-13)21-10-2-9-19-8-1-3-14(12-19)16(18)20/h4-7,14H,1-3,8-12,17H2,(H2,18,20). The first kappa shape index (κ1) is 15.8. The zero-order chi connectivity index (χ0) is 15.1. The third-order valence-corrected chi connectivity index (χ3v) is 3.95. The van der Waals surface area contributed by atoms with E-state index in [1.54, 1.807) is 0 Å². The average Bonchev–Trinajstić information content (AvgIpc) is 2.52. The molecule has 0 saturated carbocycles. The van der Waals surface area contributed by atoms with Gasteiger partial charge in [0.15, 0.2) is 0 Å². The number of hydrogen-bond donors (Lipinski definition) is 2. The van der Waals surface area contributed by atoms with E-state index in [-0.39, 0.29) is 11.8 Å². The molecule has 1 aliphatic rings. The number of rotatable bonds is 7. The molecule has 5 heteroatoms. The maximum Gasteiger partial charge on any atom is 0.221 e. The number of amides is 1. The molecule has 1 aliphatic heterocycles. The van der Waals surface area contributed by atoms with Crippen LogP contribution in [0.5, 0.6) is 5.75 Å². The summed E-state index contributed by atoms with van der Waals surface area (Å²) in [6.07, 6.45) is 2.93. The number of hydrogen-bond acceptors (Lipinski definition) is 4. The Morgan fingerprint density at radius 3 is 2.76 bits per heavy atom. The fourth-order valence-electron chi connectivity index (χ4n) is 2.69. The van der Waals surface area contributed by atoms with Gasteiger partial charge in [-0.25, -0.2) is 0 Å². The maximum absolute atomic E-state index is 11.2. The predicted molar refractivity (Wildman–Crippen MR) is 82.8 cm³/mol. The summed E-state index contributed by atoms with van der Waals surface area (Å²) >= 11 is 0. The number of primary amides is 1. The van der Waals surface area contributed by atoms with Gasteiger partial charge < -0.3 is 21.1 Å². The van der Waals surface area contributed by atoms with Crippen molar-refractivity contribution in [2.75, 3.05) is 26.2 Å². The summed E-state index contributed by atoms with van der Waals surface area (Å²) < 4.78 is 5.71. The van der Waals surface area contributed by atoms with E-state index in [0.29, 0.717) is 13.2 Å². The van der Waals surface area contributed by atoms with Crippen molar-refractivity contribution in [3.63, 3.8) is 0 Å². The van der Waals surface area contributed by atoms with E-state index in [2.05, 4.69) is 4.90 Å². The fourth-order valence-corrected chi connectivity index (χ4v) is 2.69. The molecular formula is C16H25N3O2. The van der Waals surface area contributed by atoms with Crippen LogP contribution >= 0.6 is 0 Å². The van der Waals surface area contributed by atoms with E-state index >= 15 is 0 Å². The number of carbonyl (C=O) groups excluding carboxylic acids is 1. The second-order valence-corrected chi connectivity index (χ2v) is 5.59. The lowest BCUT2D eigenvalue weighted by Crippen LogP contribution is -2.41. The second-order valence-electron chi connectivity index (χ2n) is 5.59. The topological polar surface area (TPSA) is 81.6 Å². The minimum atomic E-state index is -0.170. The summed E-state index contributed by atoms with van der Waals surface area (Å²) in [5, 5.41) is 0. The van der Waals surface area contributed by atoms with Crippen LogP contribution in [-0.2, 0) is 11.3 Å². The van der Waals surface area contributed by atoms with Gasteiger partial charge in [0.05, 0.1) is 12.5 Å². The lowest BCUT2D eigenvalue weighted by molar-refractivity contribution is -0.123. The first-order chi connectivity index (χ1) is 10.2. The van der Waals surface area contributed by atoms with Crippen molar-refractivity contribution in [3.05, 3.63) is 29.8 Å². The van der Waals surface area contributed by atoms with Gasteiger partial charge in [0.2, 0.25) is 5.91 Å². The van der Waals surface area contributed by atoms with Gasteiger partial charge in [0.1, 0.15) is 5.75 Å². The van der Waals surface area contributed by atoms with Gasteiger partial charge in [0.25, 0.3) is 0 Å². The highest BCUT2D eigenvalue weighted by atomic mass is 16.5. The minimum Gasteiger partial charge on any atom is -0.494 e. The predicted octanol–water partition coefficient (Wildman–Crippen LogP) is 1.11. The van der Waals surface area contributed by atoms with Crippen LogP contribution in [0.3, 0.4) is 0 Å². The Hall–Kier alpha value is -1.59. The number of likely N-dealkylation sites (tertiary alicyclic amines) is 1. The third-order valence-electron chi connectivity index (χ3n) is 3.95. The molecular weight excluding hydrogens is 266 g/mol. The molecule has 1 unspecified atom stereocenters. The highest BCUT2D eigenvalue weighted by Gasteiger charge is 2.23. The van der Waals surface area contributed by atoms with Gasteiger partial charge in [0, 0.05) is 19.6 Å². The van der Waals surface area contributed by atoms with Crippen LogP contribution in [0, 0.1) is 5.92 Å². The minimum absolute atomic E-state index is 0.0171. The van der Waals surface area contributed by atoms with Crippen LogP contribution in [0.2, 0.25) is 0 Å². The molecule has 1 aromatic rings. The van der Waals surface area contributed by atoms with Crippen LogP contribution in [0.1, 0.15) is 24.8 Å². The molecule has 2 rings (SSSR count). The summed E-state index contributed by atoms with van der Waals surface area (Å²) in [5.74, 6) is 0.722. The normalized spacial score (nSPS) is 19.4. The van der Waals surface area contributed by atoms with Crippen LogP contribution < -0.4 is 16.2 Å². The van der Waals surface area contributed by atoms with E-state index in [9.17, 15) is 4.79 Å². The molecule has 1 atom stereocenters. The van der Waals surface area contributed by atoms with Gasteiger partial charge in [-0.1, -0.05) is 12.1 Å². The molecule has 21 heavy (non-hydrogen) atoms. The van der Waals surface area contributed by atoms with Gasteiger partial charge in [-0.3, -0.25) is 4.79 Å². The quantitative estimate of drug-likeness (QED) is 0.737. The van der Waals surface area contributed by atoms with Crippen molar-refractivity contribution in [1.82, 2.24) is 4.90 Å². The van der Waals surface area contributed by atoms with E-state index in [0.717, 1.165) is 50.2 Å². The average molecular weight is 291 g/mol. The van der Waals surface area contributed by atoms with Gasteiger partial charge in [-0.15, -0.1) is 0 Å². The molecule has 0 bridgehead atoms. The molecule has 0 radical (unpaired) electrons. The summed E-state index contributed by atoms with van der Waals surface area (Å²) in [4.78, 5) is 13.5. The highest BCUT2D eigenvalue weighted by Crippen LogP contribution is 2.16. The monoisotopic (exact) mass is 291 g/mol. The summed E-state index contributed by atoms with van der Waals surface area (Å²) in [5.41, 5.74) is 12.0. The first-order valence-electron chi connectivity index (χ1n) is 7.62. The number of ether oxygens (including phenoxy) is 1. The zero-order valence-electron chi connectivity index (χ0n) is 12.5. The Labute approximate surface area is 126 Å². The van der Waals surface area contributed by atoms with Crippen molar-refractivity contribution in [3.8, 4) is 5.75 Å². The lowest BCUT2D eigenvalue weighted by Gasteiger charge is -2.30. The molecule has 1 saturated heterocycles. The van der Waals surface area contributed by atoms with Crippen molar-refractivity contribution in [2.45, 2.75) is 25.8 Å². The Balaban J connectivity index is 1.65. The van der Waals surface area contributed by atoms with Crippen LogP contribution in [0.25, 0.3) is 0 Å². The molecule has 1 aromatic carbocycles. The maximum atomic E-state index is 11.2. The molecule has 116 valence electrons. The SMILES string of the molecule is NCc1ccc(OCCCN2CCCC(C(N)=O)C2)cc1. The van der Waals surface area contributed by atoms with E-state index < -0.39 is 0 Å². The van der Waals surface area contributed by atoms with Crippen molar-refractivity contribution in [1.29, 1.82) is 0 Å². The Kier molecular flexibility index (Phi) is 6.02. The number of nitrogens with zero attached hydrogens (tertiary/aromatic N) is 1. The Morgan fingerprint density at radius 2 is 2.10 bits per heavy atom. The van der Waals surface area contributed by atoms with Crippen LogP contribution in [0.4, 0.5) is 0 Å². The largest absolute Gasteiger partial charge is 0.494 e. The molecule has 1 heterocycles. The molecule has 1 amide bonds. The summed E-state index contributed by atoms with van der Waals surface area (Å²) in [6, 6.07) is 7.87. The molecule has 0 spiro atoms. The van der Waals surface area contributed by atoms with E-state index in [4.69, 9.17) is 16.2 Å². The third kappa shape index (κ3) is 5.02. The van der Waals surface area contributed by atoms with E-state index in [1.807, 2.05) is 24.3 Å². The zero-order valence-corrected chi connectivity index (χ0v) is 12.5. The molecule has 4 N–H and O–H groups in total. The smallest absolute Gasteiger partial charge is 0.221 e. The number of benzene rings is 1. The van der Waals surface area contributed by atoms with Gasteiger partial charge >= 0.3 is 0 Å². The van der Waals surface area contributed by atoms with Crippen molar-refractivity contribution >= 4 is 5.91 Å². The molecule has 0 aromatic heterocycles. The summed E-state index contributed by atoms with van der Waals surface area (Å²) in [7, 11) is 0. The van der Waals surface area contributed by atoms with Crippen LogP contribution in [0.15, 0.2) is 24.3 Å². The lowest BCUT2D eigenvalue weighted by atomic mass is 9.97. The first-order valence-corrected chi connectivity index (χ1v) is 7.62. The van der Waals surface area contributed by atoms with Gasteiger partial charge in [-0.05, 0) is 43.5 Å². The molecule has 0 aliphatic carbocycles. The number of nitrogens with two attached hydrogens (primary N) is 2. The molecule has 1 fully saturated rings. The summed E-state index contributed by atoms with van der Waals surface area (Å²) in [6.45, 7) is 4.02. The Morgan fingerprint density at radius 1 is 1.33 bits per heavy atom. The van der Waals surface area contributed by atoms with Gasteiger partial charge in [-0.2, -0.15) is 0 Å². The van der Waals surface area contributed by atoms with Crippen LogP contribution in [-0.4, -0.2) is 37.0 Å².